The van der Waals surface area contributed by atoms with Crippen molar-refractivity contribution in [2.45, 2.75) is 123 Å². The first kappa shape index (κ1) is 26.6. The number of hydrogen-bond acceptors (Lipinski definition) is 4. The van der Waals surface area contributed by atoms with E-state index in [-0.39, 0.29) is 11.4 Å². The molecule has 0 unspecified atom stereocenters. The zero-order valence-corrected chi connectivity index (χ0v) is 24.4. The van der Waals surface area contributed by atoms with Crippen LogP contribution in [0.15, 0.2) is 28.1 Å². The largest absolute Gasteiger partial charge is 0.362 e. The molecule has 0 bridgehead atoms. The highest BCUT2D eigenvalue weighted by molar-refractivity contribution is 8.18. The molecule has 2 heterocycles. The number of fused-ring (bicyclic) bond motifs is 1. The summed E-state index contributed by atoms with van der Waals surface area (Å²) < 4.78 is 0. The van der Waals surface area contributed by atoms with Crippen molar-refractivity contribution in [3.8, 4) is 0 Å². The molecule has 37 heavy (non-hydrogen) atoms. The number of carbonyl (C=O) groups excluding carboxylic acids is 1. The number of nitrogens with zero attached hydrogens (tertiary/aromatic N) is 3. The van der Waals surface area contributed by atoms with Crippen molar-refractivity contribution in [1.82, 2.24) is 4.90 Å². The number of allylic oxidation sites excluding steroid dienone is 1. The molecule has 0 N–H and O–H groups in total. The minimum Gasteiger partial charge on any atom is -0.362 e. The number of aliphatic imine (C=N–C) groups is 1. The Bertz CT molecular complexity index is 1120. The number of rotatable bonds is 5. The van der Waals surface area contributed by atoms with Gasteiger partial charge in [-0.05, 0) is 106 Å². The minimum absolute atomic E-state index is 0.00175. The number of thioether (sulfide) groups is 1. The van der Waals surface area contributed by atoms with E-state index in [2.05, 4.69) is 68.7 Å². The quantitative estimate of drug-likeness (QED) is 0.367. The highest BCUT2D eigenvalue weighted by Gasteiger charge is 2.39. The standard InChI is InChI=1S/C32H45N3OS/c1-6-17-34-28-18-22(2)24(19-27(28)23(3)21-32(34,4)5)20-29-30(36)35(26-15-11-8-12-16-26)31(37-29)33-25-13-9-7-10-14-25/h18-21,25-26H,6-17H2,1-5H3/b29-20+,33-31?. The van der Waals surface area contributed by atoms with Gasteiger partial charge >= 0.3 is 0 Å². The molecule has 2 saturated carbocycles. The van der Waals surface area contributed by atoms with E-state index in [0.717, 1.165) is 54.3 Å². The van der Waals surface area contributed by atoms with Crippen LogP contribution in [0.4, 0.5) is 5.69 Å². The van der Waals surface area contributed by atoms with Gasteiger partial charge in [-0.15, -0.1) is 0 Å². The van der Waals surface area contributed by atoms with Crippen LogP contribution in [0, 0.1) is 6.92 Å². The summed E-state index contributed by atoms with van der Waals surface area (Å²) in [5.74, 6) is 0.171. The molecule has 2 aliphatic heterocycles. The molecule has 0 spiro atoms. The molecular formula is C32H45N3OS. The van der Waals surface area contributed by atoms with Crippen molar-refractivity contribution >= 4 is 40.2 Å². The molecule has 0 atom stereocenters. The highest BCUT2D eigenvalue weighted by Crippen LogP contribution is 2.43. The Morgan fingerprint density at radius 2 is 1.70 bits per heavy atom. The normalized spacial score (nSPS) is 25.2. The summed E-state index contributed by atoms with van der Waals surface area (Å²) in [6, 6.07) is 5.34. The monoisotopic (exact) mass is 519 g/mol. The fourth-order valence-corrected chi connectivity index (χ4v) is 7.88. The van der Waals surface area contributed by atoms with Crippen LogP contribution >= 0.6 is 11.8 Å². The minimum atomic E-state index is 0.00175. The van der Waals surface area contributed by atoms with E-state index >= 15 is 0 Å². The van der Waals surface area contributed by atoms with Crippen molar-refractivity contribution < 1.29 is 4.79 Å². The first-order valence-electron chi connectivity index (χ1n) is 14.7. The molecule has 3 fully saturated rings. The third-order valence-corrected chi connectivity index (χ3v) is 9.74. The van der Waals surface area contributed by atoms with Crippen molar-refractivity contribution in [3.05, 3.63) is 39.8 Å². The molecule has 200 valence electrons. The van der Waals surface area contributed by atoms with Crippen LogP contribution in [0.2, 0.25) is 0 Å². The van der Waals surface area contributed by atoms with E-state index < -0.39 is 0 Å². The fourth-order valence-electron chi connectivity index (χ4n) is 6.78. The Morgan fingerprint density at radius 3 is 2.38 bits per heavy atom. The molecule has 1 aromatic rings. The molecule has 1 amide bonds. The lowest BCUT2D eigenvalue weighted by Crippen LogP contribution is -2.45. The van der Waals surface area contributed by atoms with Gasteiger partial charge in [-0.2, -0.15) is 0 Å². The second kappa shape index (κ2) is 11.0. The Hall–Kier alpha value is -2.01. The molecule has 5 heteroatoms. The van der Waals surface area contributed by atoms with Gasteiger partial charge in [0.2, 0.25) is 0 Å². The molecule has 0 radical (unpaired) electrons. The smallest absolute Gasteiger partial charge is 0.266 e. The first-order valence-corrected chi connectivity index (χ1v) is 15.5. The summed E-state index contributed by atoms with van der Waals surface area (Å²) in [5, 5.41) is 0.970. The van der Waals surface area contributed by atoms with Gasteiger partial charge in [0.1, 0.15) is 0 Å². The lowest BCUT2D eigenvalue weighted by molar-refractivity contribution is -0.124. The number of anilines is 1. The van der Waals surface area contributed by atoms with Crippen LogP contribution in [0.1, 0.15) is 115 Å². The summed E-state index contributed by atoms with van der Waals surface area (Å²) in [7, 11) is 0. The van der Waals surface area contributed by atoms with Crippen molar-refractivity contribution in [1.29, 1.82) is 0 Å². The molecule has 4 nitrogen and oxygen atoms in total. The maximum Gasteiger partial charge on any atom is 0.266 e. The van der Waals surface area contributed by atoms with Crippen molar-refractivity contribution in [3.63, 3.8) is 0 Å². The Labute approximate surface area is 228 Å². The van der Waals surface area contributed by atoms with Crippen LogP contribution in [0.5, 0.6) is 0 Å². The zero-order valence-electron chi connectivity index (χ0n) is 23.6. The molecule has 0 aromatic heterocycles. The van der Waals surface area contributed by atoms with Crippen molar-refractivity contribution in [2.75, 3.05) is 11.4 Å². The van der Waals surface area contributed by atoms with Gasteiger partial charge in [0.25, 0.3) is 5.91 Å². The van der Waals surface area contributed by atoms with Crippen molar-refractivity contribution in [2.24, 2.45) is 4.99 Å². The van der Waals surface area contributed by atoms with Crippen LogP contribution < -0.4 is 4.90 Å². The summed E-state index contributed by atoms with van der Waals surface area (Å²) in [5.41, 5.74) is 6.32. The van der Waals surface area contributed by atoms with E-state index in [0.29, 0.717) is 12.1 Å². The van der Waals surface area contributed by atoms with Gasteiger partial charge in [0, 0.05) is 23.8 Å². The van der Waals surface area contributed by atoms with E-state index in [4.69, 9.17) is 4.99 Å². The second-order valence-corrected chi connectivity index (χ2v) is 13.1. The summed E-state index contributed by atoms with van der Waals surface area (Å²) >= 11 is 1.63. The Kier molecular flexibility index (Phi) is 7.91. The lowest BCUT2D eigenvalue weighted by Gasteiger charge is -2.43. The highest BCUT2D eigenvalue weighted by atomic mass is 32.2. The van der Waals surface area contributed by atoms with E-state index in [1.807, 2.05) is 0 Å². The van der Waals surface area contributed by atoms with Gasteiger partial charge in [-0.3, -0.25) is 14.7 Å². The predicted molar refractivity (Wildman–Crippen MR) is 160 cm³/mol. The van der Waals surface area contributed by atoms with Crippen LogP contribution in [0.25, 0.3) is 11.6 Å². The molecular weight excluding hydrogens is 474 g/mol. The molecule has 5 rings (SSSR count). The maximum absolute atomic E-state index is 13.9. The topological polar surface area (TPSA) is 35.9 Å². The number of amidine groups is 1. The van der Waals surface area contributed by atoms with E-state index in [9.17, 15) is 4.79 Å². The molecule has 1 aromatic carbocycles. The first-order chi connectivity index (χ1) is 17.8. The molecule has 2 aliphatic carbocycles. The average molecular weight is 520 g/mol. The van der Waals surface area contributed by atoms with Gasteiger partial charge < -0.3 is 4.90 Å². The molecule has 1 saturated heterocycles. The third-order valence-electron chi connectivity index (χ3n) is 8.74. The summed E-state index contributed by atoms with van der Waals surface area (Å²) in [6.07, 6.45) is 17.8. The third kappa shape index (κ3) is 5.44. The van der Waals surface area contributed by atoms with E-state index in [1.54, 1.807) is 11.8 Å². The SMILES string of the molecule is CCCN1c2cc(C)c(/C=C3/SC(=NC4CCCCC4)N(C4CCCCC4)C3=O)cc2C(C)=CC1(C)C. The lowest BCUT2D eigenvalue weighted by atomic mass is 9.86. The number of hydrogen-bond donors (Lipinski definition) is 0. The number of carbonyl (C=O) groups is 1. The molecule has 4 aliphatic rings. The van der Waals surface area contributed by atoms with Gasteiger partial charge in [-0.25, -0.2) is 0 Å². The average Bonchev–Trinajstić information content (AvgIpc) is 3.17. The number of amides is 1. The number of aryl methyl sites for hydroxylation is 1. The summed E-state index contributed by atoms with van der Waals surface area (Å²) in [6.45, 7) is 12.3. The summed E-state index contributed by atoms with van der Waals surface area (Å²) in [4.78, 5) is 24.6. The maximum atomic E-state index is 13.9. The van der Waals surface area contributed by atoms with Crippen LogP contribution in [-0.2, 0) is 4.79 Å². The fraction of sp³-hybridized carbons (Fsp3) is 0.625. The van der Waals surface area contributed by atoms with Gasteiger partial charge in [0.05, 0.1) is 16.5 Å². The Morgan fingerprint density at radius 1 is 1.03 bits per heavy atom. The Balaban J connectivity index is 1.50. The van der Waals surface area contributed by atoms with Gasteiger partial charge in [0.15, 0.2) is 5.17 Å². The van der Waals surface area contributed by atoms with Crippen LogP contribution in [0.3, 0.4) is 0 Å². The van der Waals surface area contributed by atoms with Gasteiger partial charge in [-0.1, -0.05) is 51.5 Å². The van der Waals surface area contributed by atoms with Crippen LogP contribution in [-0.4, -0.2) is 40.1 Å². The number of benzene rings is 1. The predicted octanol–water partition coefficient (Wildman–Crippen LogP) is 8.34. The zero-order chi connectivity index (χ0) is 26.2. The van der Waals surface area contributed by atoms with E-state index in [1.165, 1.54) is 60.9 Å². The second-order valence-electron chi connectivity index (χ2n) is 12.1.